The van der Waals surface area contributed by atoms with E-state index < -0.39 is 5.92 Å². The van der Waals surface area contributed by atoms with E-state index >= 15 is 0 Å². The lowest BCUT2D eigenvalue weighted by Gasteiger charge is -2.24. The Hall–Kier alpha value is -3.92. The fraction of sp³-hybridized carbons (Fsp3) is 0.143. The van der Waals surface area contributed by atoms with E-state index in [0.29, 0.717) is 23.0 Å². The predicted molar refractivity (Wildman–Crippen MR) is 103 cm³/mol. The van der Waals surface area contributed by atoms with Gasteiger partial charge in [-0.25, -0.2) is 0 Å². The molecule has 0 aliphatic carbocycles. The summed E-state index contributed by atoms with van der Waals surface area (Å²) < 4.78 is 16.4. The molecule has 3 aromatic rings. The molecule has 1 atom stereocenters. The van der Waals surface area contributed by atoms with Crippen LogP contribution in [0, 0.1) is 11.3 Å². The minimum absolute atomic E-state index is 0.0425. The minimum atomic E-state index is -0.456. The molecule has 0 unspecified atom stereocenters. The Kier molecular flexibility index (Phi) is 4.38. The molecular formula is C21H18N4O3. The highest BCUT2D eigenvalue weighted by molar-refractivity contribution is 5.71. The summed E-state index contributed by atoms with van der Waals surface area (Å²) in [5, 5.41) is 17.1. The number of ether oxygens (including phenoxy) is 3. The van der Waals surface area contributed by atoms with E-state index in [0.717, 1.165) is 22.4 Å². The molecule has 7 nitrogen and oxygen atoms in total. The second-order valence-corrected chi connectivity index (χ2v) is 6.22. The van der Waals surface area contributed by atoms with Crippen molar-refractivity contribution in [2.75, 3.05) is 14.2 Å². The molecule has 0 bridgehead atoms. The smallest absolute Gasteiger partial charge is 0.244 e. The van der Waals surface area contributed by atoms with Crippen molar-refractivity contribution in [3.05, 3.63) is 71.1 Å². The third-order valence-corrected chi connectivity index (χ3v) is 4.74. The Morgan fingerprint density at radius 1 is 1.11 bits per heavy atom. The Labute approximate surface area is 162 Å². The predicted octanol–water partition coefficient (Wildman–Crippen LogP) is 3.31. The number of hydrogen-bond acceptors (Lipinski definition) is 6. The van der Waals surface area contributed by atoms with Crippen LogP contribution in [0.3, 0.4) is 0 Å². The molecule has 4 rings (SSSR count). The Morgan fingerprint density at radius 2 is 1.86 bits per heavy atom. The first-order chi connectivity index (χ1) is 13.7. The fourth-order valence-electron chi connectivity index (χ4n) is 3.44. The largest absolute Gasteiger partial charge is 0.493 e. The van der Waals surface area contributed by atoms with Crippen molar-refractivity contribution >= 4 is 0 Å². The summed E-state index contributed by atoms with van der Waals surface area (Å²) in [6.45, 7) is 0. The van der Waals surface area contributed by atoms with Crippen LogP contribution in [0.15, 0.2) is 60.0 Å². The van der Waals surface area contributed by atoms with Crippen molar-refractivity contribution in [1.29, 1.82) is 5.26 Å². The van der Waals surface area contributed by atoms with Crippen LogP contribution in [0.1, 0.15) is 17.0 Å². The highest BCUT2D eigenvalue weighted by Crippen LogP contribution is 2.46. The summed E-state index contributed by atoms with van der Waals surface area (Å²) in [5.41, 5.74) is 9.63. The molecule has 0 saturated carbocycles. The number of aromatic amines is 1. The van der Waals surface area contributed by atoms with Crippen molar-refractivity contribution in [3.63, 3.8) is 0 Å². The van der Waals surface area contributed by atoms with Gasteiger partial charge in [-0.1, -0.05) is 36.4 Å². The second-order valence-electron chi connectivity index (χ2n) is 6.22. The summed E-state index contributed by atoms with van der Waals surface area (Å²) >= 11 is 0. The zero-order valence-electron chi connectivity index (χ0n) is 15.4. The minimum Gasteiger partial charge on any atom is -0.493 e. The molecule has 1 aliphatic heterocycles. The maximum absolute atomic E-state index is 9.79. The first kappa shape index (κ1) is 17.5. The molecule has 1 aromatic heterocycles. The number of hydrogen-bond donors (Lipinski definition) is 2. The molecule has 0 radical (unpaired) electrons. The lowest BCUT2D eigenvalue weighted by Crippen LogP contribution is -2.21. The highest BCUT2D eigenvalue weighted by Gasteiger charge is 2.36. The van der Waals surface area contributed by atoms with E-state index in [1.165, 1.54) is 0 Å². The lowest BCUT2D eigenvalue weighted by atomic mass is 9.83. The van der Waals surface area contributed by atoms with Crippen molar-refractivity contribution in [2.45, 2.75) is 5.92 Å². The molecule has 0 saturated heterocycles. The van der Waals surface area contributed by atoms with Crippen molar-refractivity contribution in [1.82, 2.24) is 10.2 Å². The van der Waals surface area contributed by atoms with E-state index in [4.69, 9.17) is 19.9 Å². The molecule has 140 valence electrons. The van der Waals surface area contributed by atoms with Crippen LogP contribution in [0.2, 0.25) is 0 Å². The van der Waals surface area contributed by atoms with Crippen LogP contribution in [-0.4, -0.2) is 24.4 Å². The average Bonchev–Trinajstić information content (AvgIpc) is 3.16. The Bertz CT molecular complexity index is 1100. The lowest BCUT2D eigenvalue weighted by molar-refractivity contribution is 0.354. The molecule has 0 spiro atoms. The molecule has 2 aromatic carbocycles. The molecule has 7 heteroatoms. The van der Waals surface area contributed by atoms with Gasteiger partial charge in [-0.15, -0.1) is 5.10 Å². The van der Waals surface area contributed by atoms with Gasteiger partial charge in [0.15, 0.2) is 11.5 Å². The van der Waals surface area contributed by atoms with Crippen LogP contribution in [0.25, 0.3) is 11.3 Å². The molecule has 28 heavy (non-hydrogen) atoms. The molecule has 0 amide bonds. The van der Waals surface area contributed by atoms with Crippen LogP contribution >= 0.6 is 0 Å². The number of nitrogens with zero attached hydrogens (tertiary/aromatic N) is 2. The van der Waals surface area contributed by atoms with E-state index in [2.05, 4.69) is 16.3 Å². The van der Waals surface area contributed by atoms with Gasteiger partial charge in [0.05, 0.1) is 31.4 Å². The Morgan fingerprint density at radius 3 is 2.54 bits per heavy atom. The summed E-state index contributed by atoms with van der Waals surface area (Å²) in [5.74, 6) is 1.11. The third kappa shape index (κ3) is 2.72. The monoisotopic (exact) mass is 374 g/mol. The highest BCUT2D eigenvalue weighted by atomic mass is 16.5. The van der Waals surface area contributed by atoms with Gasteiger partial charge in [0.2, 0.25) is 11.8 Å². The van der Waals surface area contributed by atoms with Gasteiger partial charge in [0, 0.05) is 0 Å². The first-order valence-electron chi connectivity index (χ1n) is 8.61. The van der Waals surface area contributed by atoms with E-state index in [9.17, 15) is 5.26 Å². The average molecular weight is 374 g/mol. The number of nitrogens with two attached hydrogens (primary N) is 1. The van der Waals surface area contributed by atoms with Gasteiger partial charge in [-0.3, -0.25) is 5.10 Å². The number of fused-ring (bicyclic) bond motifs is 1. The molecule has 0 fully saturated rings. The quantitative estimate of drug-likeness (QED) is 0.726. The van der Waals surface area contributed by atoms with Gasteiger partial charge in [0.25, 0.3) is 0 Å². The summed E-state index contributed by atoms with van der Waals surface area (Å²) in [4.78, 5) is 0. The van der Waals surface area contributed by atoms with Gasteiger partial charge in [0.1, 0.15) is 11.6 Å². The molecule has 3 N–H and O–H groups in total. The SMILES string of the molecule is COc1ccc([C@H]2C(C#N)=C(N)Oc3n[nH]c(-c4ccccc4)c32)cc1OC. The van der Waals surface area contributed by atoms with E-state index in [1.807, 2.05) is 42.5 Å². The van der Waals surface area contributed by atoms with Gasteiger partial charge >= 0.3 is 0 Å². The molecule has 1 aliphatic rings. The van der Waals surface area contributed by atoms with Gasteiger partial charge in [-0.2, -0.15) is 5.26 Å². The first-order valence-corrected chi connectivity index (χ1v) is 8.61. The van der Waals surface area contributed by atoms with Crippen molar-refractivity contribution in [3.8, 4) is 34.7 Å². The van der Waals surface area contributed by atoms with Gasteiger partial charge < -0.3 is 19.9 Å². The second kappa shape index (κ2) is 7.00. The standard InChI is InChI=1S/C21H18N4O3/c1-26-15-9-8-13(10-16(15)27-2)17-14(11-22)20(23)28-21-18(17)19(24-25-21)12-6-4-3-5-7-12/h3-10,17H,23H2,1-2H3,(H,24,25)/t17-/m0/s1. The summed E-state index contributed by atoms with van der Waals surface area (Å²) in [7, 11) is 3.14. The number of nitriles is 1. The van der Waals surface area contributed by atoms with E-state index in [-0.39, 0.29) is 5.88 Å². The number of methoxy groups -OCH3 is 2. The number of benzene rings is 2. The molecule has 2 heterocycles. The van der Waals surface area contributed by atoms with Gasteiger partial charge in [-0.05, 0) is 23.3 Å². The van der Waals surface area contributed by atoms with Crippen LogP contribution in [0.4, 0.5) is 0 Å². The van der Waals surface area contributed by atoms with Crippen LogP contribution in [-0.2, 0) is 0 Å². The third-order valence-electron chi connectivity index (χ3n) is 4.74. The maximum atomic E-state index is 9.79. The van der Waals surface area contributed by atoms with Crippen molar-refractivity contribution < 1.29 is 14.2 Å². The zero-order valence-corrected chi connectivity index (χ0v) is 15.4. The summed E-state index contributed by atoms with van der Waals surface area (Å²) in [6.07, 6.45) is 0. The van der Waals surface area contributed by atoms with Crippen LogP contribution < -0.4 is 19.9 Å². The Balaban J connectivity index is 1.94. The topological polar surface area (TPSA) is 106 Å². The zero-order chi connectivity index (χ0) is 19.7. The van der Waals surface area contributed by atoms with Crippen LogP contribution in [0.5, 0.6) is 17.4 Å². The fourth-order valence-corrected chi connectivity index (χ4v) is 3.44. The summed E-state index contributed by atoms with van der Waals surface area (Å²) in [6, 6.07) is 17.5. The number of rotatable bonds is 4. The number of aromatic nitrogens is 2. The number of allylic oxidation sites excluding steroid dienone is 1. The normalized spacial score (nSPS) is 15.4. The number of H-pyrrole nitrogens is 1. The maximum Gasteiger partial charge on any atom is 0.244 e. The van der Waals surface area contributed by atoms with E-state index in [1.54, 1.807) is 20.3 Å². The van der Waals surface area contributed by atoms with Crippen molar-refractivity contribution in [2.24, 2.45) is 5.73 Å². The molecular weight excluding hydrogens is 356 g/mol. The number of nitrogens with one attached hydrogen (secondary N) is 1.